The molecule has 0 unspecified atom stereocenters. The number of hydrogen-bond acceptors (Lipinski definition) is 4. The second kappa shape index (κ2) is 7.48. The molecule has 0 saturated carbocycles. The number of carbonyl (C=O) groups excluding carboxylic acids is 1. The molecule has 0 fully saturated rings. The molecule has 4 rings (SSSR count). The fourth-order valence-corrected chi connectivity index (χ4v) is 2.97. The molecule has 5 nitrogen and oxygen atoms in total. The SMILES string of the molecule is C/C(=N\NC(=O)c1cc(-c2ccc(C)cc2)nc2ccccc12)c1ccco1. The Labute approximate surface area is 162 Å². The molecule has 0 radical (unpaired) electrons. The third-order valence-corrected chi connectivity index (χ3v) is 4.51. The lowest BCUT2D eigenvalue weighted by molar-refractivity contribution is 0.0956. The van der Waals surface area contributed by atoms with Gasteiger partial charge in [0.05, 0.1) is 23.0 Å². The largest absolute Gasteiger partial charge is 0.463 e. The summed E-state index contributed by atoms with van der Waals surface area (Å²) in [7, 11) is 0. The van der Waals surface area contributed by atoms with E-state index in [4.69, 9.17) is 9.40 Å². The number of amides is 1. The number of para-hydroxylation sites is 1. The average molecular weight is 369 g/mol. The number of nitrogens with one attached hydrogen (secondary N) is 1. The van der Waals surface area contributed by atoms with Crippen molar-refractivity contribution in [2.45, 2.75) is 13.8 Å². The monoisotopic (exact) mass is 369 g/mol. The number of pyridine rings is 1. The summed E-state index contributed by atoms with van der Waals surface area (Å²) in [4.78, 5) is 17.6. The van der Waals surface area contributed by atoms with E-state index < -0.39 is 0 Å². The second-order valence-electron chi connectivity index (χ2n) is 6.55. The van der Waals surface area contributed by atoms with Crippen molar-refractivity contribution in [3.05, 3.63) is 89.9 Å². The number of benzene rings is 2. The van der Waals surface area contributed by atoms with Gasteiger partial charge >= 0.3 is 0 Å². The van der Waals surface area contributed by atoms with Crippen molar-refractivity contribution in [2.24, 2.45) is 5.10 Å². The van der Waals surface area contributed by atoms with E-state index in [1.54, 1.807) is 31.4 Å². The van der Waals surface area contributed by atoms with Gasteiger partial charge in [-0.3, -0.25) is 4.79 Å². The Kier molecular flexibility index (Phi) is 4.72. The Balaban J connectivity index is 1.73. The Bertz CT molecular complexity index is 1160. The zero-order valence-electron chi connectivity index (χ0n) is 15.6. The Morgan fingerprint density at radius 3 is 2.57 bits per heavy atom. The number of hydrazone groups is 1. The minimum Gasteiger partial charge on any atom is -0.463 e. The van der Waals surface area contributed by atoms with Gasteiger partial charge in [-0.05, 0) is 38.1 Å². The first-order valence-electron chi connectivity index (χ1n) is 8.97. The summed E-state index contributed by atoms with van der Waals surface area (Å²) >= 11 is 0. The highest BCUT2D eigenvalue weighted by Crippen LogP contribution is 2.25. The Hall–Kier alpha value is -3.73. The van der Waals surface area contributed by atoms with Gasteiger partial charge in [0.15, 0.2) is 0 Å². The van der Waals surface area contributed by atoms with Gasteiger partial charge in [0.1, 0.15) is 11.5 Å². The lowest BCUT2D eigenvalue weighted by Crippen LogP contribution is -2.20. The molecule has 138 valence electrons. The molecule has 0 spiro atoms. The first kappa shape index (κ1) is 17.7. The van der Waals surface area contributed by atoms with E-state index in [9.17, 15) is 4.79 Å². The van der Waals surface area contributed by atoms with Crippen LogP contribution < -0.4 is 5.43 Å². The maximum absolute atomic E-state index is 12.9. The van der Waals surface area contributed by atoms with Gasteiger partial charge in [0.25, 0.3) is 5.91 Å². The van der Waals surface area contributed by atoms with E-state index in [1.165, 1.54) is 5.56 Å². The van der Waals surface area contributed by atoms with Gasteiger partial charge in [0, 0.05) is 10.9 Å². The summed E-state index contributed by atoms with van der Waals surface area (Å²) in [5.74, 6) is 0.318. The summed E-state index contributed by atoms with van der Waals surface area (Å²) in [6.07, 6.45) is 1.57. The van der Waals surface area contributed by atoms with Crippen molar-refractivity contribution in [1.29, 1.82) is 0 Å². The van der Waals surface area contributed by atoms with E-state index in [0.717, 1.165) is 22.2 Å². The molecule has 2 aromatic carbocycles. The van der Waals surface area contributed by atoms with Crippen LogP contribution in [0, 0.1) is 6.92 Å². The van der Waals surface area contributed by atoms with Crippen molar-refractivity contribution in [1.82, 2.24) is 10.4 Å². The molecule has 4 aromatic rings. The van der Waals surface area contributed by atoms with Crippen molar-refractivity contribution in [2.75, 3.05) is 0 Å². The molecule has 0 aliphatic heterocycles. The number of nitrogens with zero attached hydrogens (tertiary/aromatic N) is 2. The number of rotatable bonds is 4. The number of furan rings is 1. The molecule has 28 heavy (non-hydrogen) atoms. The number of aromatic nitrogens is 1. The fraction of sp³-hybridized carbons (Fsp3) is 0.0870. The highest BCUT2D eigenvalue weighted by Gasteiger charge is 2.14. The van der Waals surface area contributed by atoms with E-state index in [-0.39, 0.29) is 5.91 Å². The van der Waals surface area contributed by atoms with Crippen LogP contribution in [0.3, 0.4) is 0 Å². The smallest absolute Gasteiger partial charge is 0.272 e. The molecule has 1 amide bonds. The predicted octanol–water partition coefficient (Wildman–Crippen LogP) is 4.96. The summed E-state index contributed by atoms with van der Waals surface area (Å²) in [6.45, 7) is 3.82. The number of carbonyl (C=O) groups is 1. The molecular formula is C23H19N3O2. The molecule has 5 heteroatoms. The molecular weight excluding hydrogens is 350 g/mol. The molecule has 1 N–H and O–H groups in total. The van der Waals surface area contributed by atoms with Gasteiger partial charge in [-0.25, -0.2) is 10.4 Å². The number of hydrogen-bond donors (Lipinski definition) is 1. The lowest BCUT2D eigenvalue weighted by atomic mass is 10.0. The minimum absolute atomic E-state index is 0.294. The highest BCUT2D eigenvalue weighted by atomic mass is 16.3. The van der Waals surface area contributed by atoms with Crippen LogP contribution in [0.5, 0.6) is 0 Å². The average Bonchev–Trinajstić information content (AvgIpc) is 3.26. The van der Waals surface area contributed by atoms with Crippen LogP contribution in [0.1, 0.15) is 28.6 Å². The Morgan fingerprint density at radius 2 is 1.82 bits per heavy atom. The molecule has 0 saturated heterocycles. The minimum atomic E-state index is -0.294. The van der Waals surface area contributed by atoms with Gasteiger partial charge in [-0.15, -0.1) is 0 Å². The van der Waals surface area contributed by atoms with Crippen molar-refractivity contribution >= 4 is 22.5 Å². The van der Waals surface area contributed by atoms with E-state index >= 15 is 0 Å². The van der Waals surface area contributed by atoms with Crippen LogP contribution in [-0.4, -0.2) is 16.6 Å². The number of fused-ring (bicyclic) bond motifs is 1. The normalized spacial score (nSPS) is 11.6. The number of aryl methyl sites for hydroxylation is 1. The molecule has 0 bridgehead atoms. The maximum atomic E-state index is 12.9. The summed E-state index contributed by atoms with van der Waals surface area (Å²) in [5.41, 5.74) is 7.38. The first-order valence-corrected chi connectivity index (χ1v) is 8.97. The third kappa shape index (κ3) is 3.55. The van der Waals surface area contributed by atoms with Crippen LogP contribution in [0.2, 0.25) is 0 Å². The molecule has 0 aliphatic rings. The first-order chi connectivity index (χ1) is 13.6. The summed E-state index contributed by atoms with van der Waals surface area (Å²) in [6, 6.07) is 21.1. The van der Waals surface area contributed by atoms with E-state index in [0.29, 0.717) is 17.0 Å². The van der Waals surface area contributed by atoms with Gasteiger partial charge in [-0.1, -0.05) is 48.0 Å². The van der Waals surface area contributed by atoms with Crippen molar-refractivity contribution in [3.8, 4) is 11.3 Å². The second-order valence-corrected chi connectivity index (χ2v) is 6.55. The third-order valence-electron chi connectivity index (χ3n) is 4.51. The summed E-state index contributed by atoms with van der Waals surface area (Å²) in [5, 5.41) is 4.95. The van der Waals surface area contributed by atoms with Crippen molar-refractivity contribution < 1.29 is 9.21 Å². The van der Waals surface area contributed by atoms with Gasteiger partial charge in [-0.2, -0.15) is 5.10 Å². The molecule has 0 aliphatic carbocycles. The topological polar surface area (TPSA) is 67.5 Å². The van der Waals surface area contributed by atoms with Crippen LogP contribution in [0.4, 0.5) is 0 Å². The van der Waals surface area contributed by atoms with Gasteiger partial charge in [0.2, 0.25) is 0 Å². The van der Waals surface area contributed by atoms with Crippen LogP contribution in [-0.2, 0) is 0 Å². The van der Waals surface area contributed by atoms with Crippen LogP contribution in [0.25, 0.3) is 22.2 Å². The predicted molar refractivity (Wildman–Crippen MR) is 110 cm³/mol. The standard InChI is InChI=1S/C23H19N3O2/c1-15-9-11-17(12-10-15)21-14-19(18-6-3-4-7-20(18)24-21)23(27)26-25-16(2)22-8-5-13-28-22/h3-14H,1-2H3,(H,26,27)/b25-16+. The fourth-order valence-electron chi connectivity index (χ4n) is 2.97. The van der Waals surface area contributed by atoms with Crippen LogP contribution >= 0.6 is 0 Å². The van der Waals surface area contributed by atoms with E-state index in [2.05, 4.69) is 10.5 Å². The van der Waals surface area contributed by atoms with Gasteiger partial charge < -0.3 is 4.42 Å². The van der Waals surface area contributed by atoms with E-state index in [1.807, 2.05) is 55.5 Å². The zero-order chi connectivity index (χ0) is 19.5. The molecule has 2 aromatic heterocycles. The quantitative estimate of drug-likeness (QED) is 0.408. The molecule has 2 heterocycles. The van der Waals surface area contributed by atoms with Crippen molar-refractivity contribution in [3.63, 3.8) is 0 Å². The Morgan fingerprint density at radius 1 is 1.04 bits per heavy atom. The lowest BCUT2D eigenvalue weighted by Gasteiger charge is -2.09. The summed E-state index contributed by atoms with van der Waals surface area (Å²) < 4.78 is 5.30. The van der Waals surface area contributed by atoms with Crippen LogP contribution in [0.15, 0.2) is 82.5 Å². The highest BCUT2D eigenvalue weighted by molar-refractivity contribution is 6.08. The molecule has 0 atom stereocenters. The maximum Gasteiger partial charge on any atom is 0.272 e. The zero-order valence-corrected chi connectivity index (χ0v) is 15.6.